The summed E-state index contributed by atoms with van der Waals surface area (Å²) in [5, 5.41) is 16.8. The Morgan fingerprint density at radius 1 is 1.15 bits per heavy atom. The number of para-hydroxylation sites is 1. The van der Waals surface area contributed by atoms with Crippen LogP contribution in [0.5, 0.6) is 0 Å². The number of aromatic nitrogens is 1. The lowest BCUT2D eigenvalue weighted by atomic mass is 10.1. The third kappa shape index (κ3) is 5.98. The van der Waals surface area contributed by atoms with Crippen molar-refractivity contribution >= 4 is 40.2 Å². The number of carbonyl (C=O) groups is 4. The normalized spacial score (nSPS) is 18.3. The van der Waals surface area contributed by atoms with Crippen LogP contribution in [0, 0.1) is 11.3 Å². The fourth-order valence-corrected chi connectivity index (χ4v) is 5.00. The first-order valence-electron chi connectivity index (χ1n) is 13.1. The van der Waals surface area contributed by atoms with Gasteiger partial charge in [-0.15, -0.1) is 0 Å². The van der Waals surface area contributed by atoms with Crippen LogP contribution in [0.15, 0.2) is 35.8 Å². The first-order chi connectivity index (χ1) is 18.7. The van der Waals surface area contributed by atoms with E-state index in [2.05, 4.69) is 15.6 Å². The molecule has 0 aliphatic carbocycles. The highest BCUT2D eigenvalue weighted by atomic mass is 16.2. The predicted molar refractivity (Wildman–Crippen MR) is 145 cm³/mol. The van der Waals surface area contributed by atoms with Gasteiger partial charge in [0.2, 0.25) is 11.8 Å². The number of hydrogen-bond donors (Lipinski definition) is 4. The molecule has 206 valence electrons. The van der Waals surface area contributed by atoms with Gasteiger partial charge in [-0.2, -0.15) is 5.26 Å². The van der Waals surface area contributed by atoms with Crippen LogP contribution < -0.4 is 16.4 Å². The monoisotopic (exact) mass is 534 g/mol. The summed E-state index contributed by atoms with van der Waals surface area (Å²) < 4.78 is 0. The number of likely N-dealkylation sites (tertiary alicyclic amines) is 2. The van der Waals surface area contributed by atoms with Crippen molar-refractivity contribution in [3.63, 3.8) is 0 Å². The van der Waals surface area contributed by atoms with E-state index in [1.165, 1.54) is 25.2 Å². The number of nitrogens with two attached hydrogens (primary N) is 1. The van der Waals surface area contributed by atoms with E-state index in [0.29, 0.717) is 48.2 Å². The van der Waals surface area contributed by atoms with E-state index in [1.807, 2.05) is 6.07 Å². The molecule has 2 aliphatic heterocycles. The van der Waals surface area contributed by atoms with E-state index in [0.717, 1.165) is 25.7 Å². The maximum Gasteiger partial charge on any atom is 0.267 e. The maximum absolute atomic E-state index is 13.6. The summed E-state index contributed by atoms with van der Waals surface area (Å²) in [6.07, 6.45) is 5.36. The number of primary amides is 1. The van der Waals surface area contributed by atoms with Crippen LogP contribution in [0.3, 0.4) is 0 Å². The number of hydrogen-bond acceptors (Lipinski definition) is 7. The lowest BCUT2D eigenvalue weighted by Crippen LogP contribution is -2.49. The molecule has 0 radical (unpaired) electrons. The van der Waals surface area contributed by atoms with E-state index in [-0.39, 0.29) is 29.8 Å². The highest BCUT2D eigenvalue weighted by molar-refractivity contribution is 6.09. The Morgan fingerprint density at radius 3 is 2.54 bits per heavy atom. The van der Waals surface area contributed by atoms with E-state index in [4.69, 9.17) is 5.73 Å². The molecule has 4 rings (SSSR count). The summed E-state index contributed by atoms with van der Waals surface area (Å²) in [6.45, 7) is 1.88. The Kier molecular flexibility index (Phi) is 8.39. The van der Waals surface area contributed by atoms with Gasteiger partial charge >= 0.3 is 0 Å². The second-order valence-corrected chi connectivity index (χ2v) is 10.0. The summed E-state index contributed by atoms with van der Waals surface area (Å²) in [4.78, 5) is 58.8. The van der Waals surface area contributed by atoms with Gasteiger partial charge in [0.15, 0.2) is 5.57 Å². The van der Waals surface area contributed by atoms with Crippen LogP contribution in [0.1, 0.15) is 42.5 Å². The summed E-state index contributed by atoms with van der Waals surface area (Å²) in [7, 11) is 3.06. The second kappa shape index (κ2) is 11.9. The Balaban J connectivity index is 1.66. The molecule has 0 unspecified atom stereocenters. The van der Waals surface area contributed by atoms with Crippen LogP contribution in [0.2, 0.25) is 0 Å². The minimum atomic E-state index is -0.760. The highest BCUT2D eigenvalue weighted by Gasteiger charge is 2.32. The van der Waals surface area contributed by atoms with Crippen molar-refractivity contribution in [2.75, 3.05) is 45.6 Å². The summed E-state index contributed by atoms with van der Waals surface area (Å²) in [5.41, 5.74) is 6.61. The zero-order valence-corrected chi connectivity index (χ0v) is 22.2. The number of likely N-dealkylation sites (N-methyl/N-ethyl adjacent to an activating group) is 1. The van der Waals surface area contributed by atoms with Gasteiger partial charge in [0.05, 0.1) is 23.3 Å². The fraction of sp³-hybridized carbons (Fsp3) is 0.444. The largest absolute Gasteiger partial charge is 0.366 e. The fourth-order valence-electron chi connectivity index (χ4n) is 5.00. The van der Waals surface area contributed by atoms with E-state index in [1.54, 1.807) is 28.0 Å². The number of nitrogens with zero attached hydrogens (tertiary/aromatic N) is 4. The molecule has 1 aromatic carbocycles. The van der Waals surface area contributed by atoms with Crippen molar-refractivity contribution in [3.05, 3.63) is 41.4 Å². The number of nitriles is 1. The molecule has 2 fully saturated rings. The van der Waals surface area contributed by atoms with Crippen LogP contribution in [0.25, 0.3) is 10.9 Å². The van der Waals surface area contributed by atoms with Gasteiger partial charge in [-0.1, -0.05) is 12.1 Å². The first kappa shape index (κ1) is 27.5. The number of benzene rings is 1. The average molecular weight is 535 g/mol. The van der Waals surface area contributed by atoms with Crippen molar-refractivity contribution < 1.29 is 19.2 Å². The first-order valence-corrected chi connectivity index (χ1v) is 13.1. The van der Waals surface area contributed by atoms with Crippen molar-refractivity contribution in [3.8, 4) is 6.07 Å². The molecular formula is C27H34N8O4. The molecule has 2 saturated heterocycles. The SMILES string of the molecule is CN(C)C(=O)/C(C#N)=C(/Nc1cccc2c(C(N)=O)c[nH]c12)N[C@H]1CCCCN(CC(=O)N2CCCC2)C1=O. The number of nitrogens with one attached hydrogen (secondary N) is 3. The number of rotatable bonds is 8. The number of anilines is 1. The third-order valence-corrected chi connectivity index (χ3v) is 7.11. The van der Waals surface area contributed by atoms with Gasteiger partial charge < -0.3 is 36.1 Å². The van der Waals surface area contributed by atoms with Gasteiger partial charge in [-0.25, -0.2) is 0 Å². The molecule has 12 nitrogen and oxygen atoms in total. The molecule has 1 atom stereocenters. The number of fused-ring (bicyclic) bond motifs is 1. The lowest BCUT2D eigenvalue weighted by Gasteiger charge is -2.28. The van der Waals surface area contributed by atoms with E-state index >= 15 is 0 Å². The summed E-state index contributed by atoms with van der Waals surface area (Å²) >= 11 is 0. The standard InChI is InChI=1S/C27H34N8O4/c1-33(2)26(38)18(14-28)25(31-20-10-7-8-17-19(24(29)37)15-30-23(17)20)32-21-9-3-4-13-35(27(21)39)16-22(36)34-11-5-6-12-34/h7-8,10,15,21,30-32H,3-6,9,11-13,16H2,1-2H3,(H2,29,37)/b25-18-/t21-/m0/s1. The Hall–Kier alpha value is -4.53. The van der Waals surface area contributed by atoms with Crippen molar-refractivity contribution in [1.29, 1.82) is 5.26 Å². The molecule has 1 aromatic heterocycles. The van der Waals surface area contributed by atoms with Gasteiger partial charge in [-0.3, -0.25) is 19.2 Å². The summed E-state index contributed by atoms with van der Waals surface area (Å²) in [6, 6.07) is 6.37. The van der Waals surface area contributed by atoms with Crippen LogP contribution in [0.4, 0.5) is 5.69 Å². The molecule has 2 aromatic rings. The smallest absolute Gasteiger partial charge is 0.267 e. The van der Waals surface area contributed by atoms with Crippen LogP contribution in [-0.2, 0) is 14.4 Å². The topological polar surface area (TPSA) is 168 Å². The Labute approximate surface area is 226 Å². The summed E-state index contributed by atoms with van der Waals surface area (Å²) in [5.74, 6) is -1.42. The number of carbonyl (C=O) groups excluding carboxylic acids is 4. The van der Waals surface area contributed by atoms with Gasteiger partial charge in [0.25, 0.3) is 11.8 Å². The minimum Gasteiger partial charge on any atom is -0.366 e. The zero-order valence-electron chi connectivity index (χ0n) is 22.2. The van der Waals surface area contributed by atoms with E-state index in [9.17, 15) is 24.4 Å². The number of aromatic amines is 1. The van der Waals surface area contributed by atoms with Crippen molar-refractivity contribution in [2.45, 2.75) is 38.1 Å². The molecule has 39 heavy (non-hydrogen) atoms. The number of H-pyrrole nitrogens is 1. The van der Waals surface area contributed by atoms with Gasteiger partial charge in [0.1, 0.15) is 17.9 Å². The molecule has 12 heteroatoms. The zero-order chi connectivity index (χ0) is 28.1. The highest BCUT2D eigenvalue weighted by Crippen LogP contribution is 2.27. The minimum absolute atomic E-state index is 0.00288. The van der Waals surface area contributed by atoms with Crippen LogP contribution >= 0.6 is 0 Å². The van der Waals surface area contributed by atoms with Crippen LogP contribution in [-0.4, -0.2) is 89.6 Å². The second-order valence-electron chi connectivity index (χ2n) is 10.0. The Morgan fingerprint density at radius 2 is 1.87 bits per heavy atom. The number of amides is 4. The molecule has 3 heterocycles. The predicted octanol–water partition coefficient (Wildman–Crippen LogP) is 1.10. The molecule has 0 spiro atoms. The molecule has 0 saturated carbocycles. The molecule has 2 aliphatic rings. The van der Waals surface area contributed by atoms with E-state index < -0.39 is 17.9 Å². The average Bonchev–Trinajstić information content (AvgIpc) is 3.57. The van der Waals surface area contributed by atoms with Crippen molar-refractivity contribution in [2.24, 2.45) is 5.73 Å². The quantitative estimate of drug-likeness (QED) is 0.290. The van der Waals surface area contributed by atoms with Gasteiger partial charge in [0, 0.05) is 45.3 Å². The molecule has 4 amide bonds. The third-order valence-electron chi connectivity index (χ3n) is 7.11. The molecular weight excluding hydrogens is 500 g/mol. The Bertz CT molecular complexity index is 1350. The molecule has 0 bridgehead atoms. The van der Waals surface area contributed by atoms with Crippen molar-refractivity contribution in [1.82, 2.24) is 25.0 Å². The lowest BCUT2D eigenvalue weighted by molar-refractivity contribution is -0.140. The van der Waals surface area contributed by atoms with Gasteiger partial charge in [-0.05, 0) is 38.2 Å². The maximum atomic E-state index is 13.6. The molecule has 5 N–H and O–H groups in total.